The van der Waals surface area contributed by atoms with Crippen molar-refractivity contribution in [2.75, 3.05) is 30.8 Å². The summed E-state index contributed by atoms with van der Waals surface area (Å²) in [5.41, 5.74) is 7.83. The van der Waals surface area contributed by atoms with Gasteiger partial charge in [-0.15, -0.1) is 0 Å². The van der Waals surface area contributed by atoms with E-state index in [9.17, 15) is 4.79 Å². The molecule has 19 heavy (non-hydrogen) atoms. The number of carboxylic acid groups (broad SMARTS) is 1. The van der Waals surface area contributed by atoms with Crippen molar-refractivity contribution in [2.45, 2.75) is 19.8 Å². The van der Waals surface area contributed by atoms with E-state index in [0.717, 1.165) is 43.9 Å². The Morgan fingerprint density at radius 3 is 3.00 bits per heavy atom. The van der Waals surface area contributed by atoms with Gasteiger partial charge in [-0.1, -0.05) is 0 Å². The number of aryl methyl sites for hydroxylation is 1. The molecule has 2 rings (SSSR count). The van der Waals surface area contributed by atoms with Gasteiger partial charge in [-0.3, -0.25) is 0 Å². The number of nitrogen functional groups attached to an aromatic ring is 1. The number of nitrogens with two attached hydrogens (primary N) is 1. The summed E-state index contributed by atoms with van der Waals surface area (Å²) in [7, 11) is 0. The maximum atomic E-state index is 11.1. The van der Waals surface area contributed by atoms with Crippen LogP contribution in [0.4, 0.5) is 11.4 Å². The number of rotatable bonds is 4. The zero-order valence-corrected chi connectivity index (χ0v) is 11.1. The van der Waals surface area contributed by atoms with E-state index >= 15 is 0 Å². The van der Waals surface area contributed by atoms with E-state index in [1.54, 1.807) is 6.07 Å². The van der Waals surface area contributed by atoms with Crippen LogP contribution in [0.3, 0.4) is 0 Å². The SMILES string of the molecule is Cc1cc(NCC2CCCOC2)cc(C(=O)O)c1N. The fourth-order valence-electron chi connectivity index (χ4n) is 2.31. The minimum Gasteiger partial charge on any atom is -0.478 e. The van der Waals surface area contributed by atoms with E-state index in [2.05, 4.69) is 5.32 Å². The third-order valence-electron chi connectivity index (χ3n) is 3.47. The average molecular weight is 264 g/mol. The molecule has 0 bridgehead atoms. The van der Waals surface area contributed by atoms with Gasteiger partial charge in [0.05, 0.1) is 12.2 Å². The Morgan fingerprint density at radius 1 is 1.58 bits per heavy atom. The van der Waals surface area contributed by atoms with E-state index in [1.165, 1.54) is 0 Å². The predicted molar refractivity (Wildman–Crippen MR) is 74.6 cm³/mol. The lowest BCUT2D eigenvalue weighted by atomic mass is 10.0. The van der Waals surface area contributed by atoms with Gasteiger partial charge >= 0.3 is 5.97 Å². The third-order valence-corrected chi connectivity index (χ3v) is 3.47. The largest absolute Gasteiger partial charge is 0.478 e. The van der Waals surface area contributed by atoms with Crippen molar-refractivity contribution < 1.29 is 14.6 Å². The van der Waals surface area contributed by atoms with Crippen LogP contribution < -0.4 is 11.1 Å². The number of hydrogen-bond acceptors (Lipinski definition) is 4. The molecule has 1 heterocycles. The first-order chi connectivity index (χ1) is 9.08. The van der Waals surface area contributed by atoms with E-state index in [1.807, 2.05) is 13.0 Å². The van der Waals surface area contributed by atoms with Crippen LogP contribution >= 0.6 is 0 Å². The summed E-state index contributed by atoms with van der Waals surface area (Å²) >= 11 is 0. The molecule has 1 fully saturated rings. The summed E-state index contributed by atoms with van der Waals surface area (Å²) < 4.78 is 5.42. The molecule has 1 atom stereocenters. The number of carboxylic acids is 1. The lowest BCUT2D eigenvalue weighted by molar-refractivity contribution is 0.0595. The van der Waals surface area contributed by atoms with E-state index < -0.39 is 5.97 Å². The van der Waals surface area contributed by atoms with Gasteiger partial charge in [-0.25, -0.2) is 4.79 Å². The lowest BCUT2D eigenvalue weighted by Gasteiger charge is -2.23. The number of aromatic carboxylic acids is 1. The number of carbonyl (C=O) groups is 1. The van der Waals surface area contributed by atoms with Crippen LogP contribution in [0.5, 0.6) is 0 Å². The molecule has 0 aliphatic carbocycles. The summed E-state index contributed by atoms with van der Waals surface area (Å²) in [5, 5.41) is 12.4. The molecule has 0 spiro atoms. The van der Waals surface area contributed by atoms with Crippen molar-refractivity contribution in [1.29, 1.82) is 0 Å². The number of benzene rings is 1. The van der Waals surface area contributed by atoms with Crippen LogP contribution in [-0.2, 0) is 4.74 Å². The van der Waals surface area contributed by atoms with Crippen LogP contribution in [0.1, 0.15) is 28.8 Å². The Balaban J connectivity index is 2.05. The summed E-state index contributed by atoms with van der Waals surface area (Å²) in [6.07, 6.45) is 2.24. The quantitative estimate of drug-likeness (QED) is 0.725. The molecule has 104 valence electrons. The smallest absolute Gasteiger partial charge is 0.337 e. The third kappa shape index (κ3) is 3.38. The molecule has 1 saturated heterocycles. The molecule has 1 aromatic rings. The topological polar surface area (TPSA) is 84.6 Å². The van der Waals surface area contributed by atoms with E-state index in [4.69, 9.17) is 15.6 Å². The molecule has 0 aromatic heterocycles. The molecule has 0 radical (unpaired) electrons. The second-order valence-corrected chi connectivity index (χ2v) is 5.02. The Bertz CT molecular complexity index is 468. The number of anilines is 2. The number of nitrogens with one attached hydrogen (secondary N) is 1. The molecule has 5 nitrogen and oxygen atoms in total. The lowest BCUT2D eigenvalue weighted by Crippen LogP contribution is -2.24. The predicted octanol–water partition coefficient (Wildman–Crippen LogP) is 2.11. The van der Waals surface area contributed by atoms with Gasteiger partial charge in [0, 0.05) is 24.5 Å². The molecule has 1 aliphatic rings. The first kappa shape index (κ1) is 13.7. The zero-order valence-electron chi connectivity index (χ0n) is 11.1. The molecule has 0 saturated carbocycles. The maximum absolute atomic E-state index is 11.1. The van der Waals surface area contributed by atoms with Crippen LogP contribution in [0, 0.1) is 12.8 Å². The Hall–Kier alpha value is -1.75. The molecular formula is C14H20N2O3. The fraction of sp³-hybridized carbons (Fsp3) is 0.500. The standard InChI is InChI=1S/C14H20N2O3/c1-9-5-11(6-12(13(9)15)14(17)18)16-7-10-3-2-4-19-8-10/h5-6,10,16H,2-4,7-8,15H2,1H3,(H,17,18). The van der Waals surface area contributed by atoms with Crippen molar-refractivity contribution in [3.8, 4) is 0 Å². The van der Waals surface area contributed by atoms with Crippen LogP contribution in [0.2, 0.25) is 0 Å². The van der Waals surface area contributed by atoms with Gasteiger partial charge in [-0.2, -0.15) is 0 Å². The molecule has 5 heteroatoms. The molecule has 4 N–H and O–H groups in total. The van der Waals surface area contributed by atoms with Gasteiger partial charge in [0.25, 0.3) is 0 Å². The molecular weight excluding hydrogens is 244 g/mol. The summed E-state index contributed by atoms with van der Waals surface area (Å²) in [4.78, 5) is 11.1. The molecule has 1 aromatic carbocycles. The van der Waals surface area contributed by atoms with Crippen LogP contribution in [0.15, 0.2) is 12.1 Å². The van der Waals surface area contributed by atoms with Crippen molar-refractivity contribution in [3.63, 3.8) is 0 Å². The highest BCUT2D eigenvalue weighted by molar-refractivity contribution is 5.95. The van der Waals surface area contributed by atoms with Crippen molar-refractivity contribution in [3.05, 3.63) is 23.3 Å². The van der Waals surface area contributed by atoms with E-state index in [0.29, 0.717) is 11.6 Å². The number of hydrogen-bond donors (Lipinski definition) is 3. The van der Waals surface area contributed by atoms with Gasteiger partial charge in [0.1, 0.15) is 0 Å². The minimum atomic E-state index is -0.995. The van der Waals surface area contributed by atoms with Gasteiger partial charge < -0.3 is 20.9 Å². The van der Waals surface area contributed by atoms with Gasteiger partial charge in [0.2, 0.25) is 0 Å². The highest BCUT2D eigenvalue weighted by Crippen LogP contribution is 2.23. The van der Waals surface area contributed by atoms with Crippen molar-refractivity contribution in [1.82, 2.24) is 0 Å². The second-order valence-electron chi connectivity index (χ2n) is 5.02. The first-order valence-corrected chi connectivity index (χ1v) is 6.53. The summed E-state index contributed by atoms with van der Waals surface area (Å²) in [6, 6.07) is 3.47. The summed E-state index contributed by atoms with van der Waals surface area (Å²) in [5.74, 6) is -0.509. The fourth-order valence-corrected chi connectivity index (χ4v) is 2.31. The second kappa shape index (κ2) is 5.93. The van der Waals surface area contributed by atoms with Crippen LogP contribution in [-0.4, -0.2) is 30.8 Å². The molecule has 1 aliphatic heterocycles. The number of ether oxygens (including phenoxy) is 1. The average Bonchev–Trinajstić information content (AvgIpc) is 2.41. The maximum Gasteiger partial charge on any atom is 0.337 e. The van der Waals surface area contributed by atoms with Crippen LogP contribution in [0.25, 0.3) is 0 Å². The Labute approximate surface area is 112 Å². The van der Waals surface area contributed by atoms with Crippen molar-refractivity contribution in [2.24, 2.45) is 5.92 Å². The Morgan fingerprint density at radius 2 is 2.37 bits per heavy atom. The molecule has 1 unspecified atom stereocenters. The minimum absolute atomic E-state index is 0.155. The van der Waals surface area contributed by atoms with Crippen molar-refractivity contribution >= 4 is 17.3 Å². The molecule has 0 amide bonds. The van der Waals surface area contributed by atoms with E-state index in [-0.39, 0.29) is 5.56 Å². The zero-order chi connectivity index (χ0) is 13.8. The summed E-state index contributed by atoms with van der Waals surface area (Å²) in [6.45, 7) is 4.23. The monoisotopic (exact) mass is 264 g/mol. The van der Waals surface area contributed by atoms with Gasteiger partial charge in [-0.05, 0) is 43.4 Å². The Kier molecular flexibility index (Phi) is 4.27. The first-order valence-electron chi connectivity index (χ1n) is 6.53. The normalized spacial score (nSPS) is 19.1. The highest BCUT2D eigenvalue weighted by atomic mass is 16.5. The highest BCUT2D eigenvalue weighted by Gasteiger charge is 2.15. The van der Waals surface area contributed by atoms with Gasteiger partial charge in [0.15, 0.2) is 0 Å².